The van der Waals surface area contributed by atoms with Crippen molar-refractivity contribution in [3.63, 3.8) is 0 Å². The SMILES string of the molecule is CC(F)(F)C(=O)O.CC[C@H](C)[C@H](N)C(=O)N[C@H](/C=C/C(=O)N1Cc2ccccc2C1)CCc1ccccc1. The number of amides is 2. The zero-order valence-electron chi connectivity index (χ0n) is 22.1. The second-order valence-corrected chi connectivity index (χ2v) is 9.57. The molecule has 2 amide bonds. The van der Waals surface area contributed by atoms with E-state index in [0.29, 0.717) is 26.4 Å². The van der Waals surface area contributed by atoms with Crippen molar-refractivity contribution < 1.29 is 28.3 Å². The van der Waals surface area contributed by atoms with E-state index >= 15 is 0 Å². The number of alkyl halides is 2. The van der Waals surface area contributed by atoms with E-state index in [9.17, 15) is 23.2 Å². The minimum absolute atomic E-state index is 0.0404. The molecule has 0 radical (unpaired) electrons. The first-order chi connectivity index (χ1) is 17.9. The molecule has 0 aromatic heterocycles. The van der Waals surface area contributed by atoms with Crippen LogP contribution in [0.2, 0.25) is 0 Å². The van der Waals surface area contributed by atoms with Crippen LogP contribution in [0.25, 0.3) is 0 Å². The molecule has 2 aromatic carbocycles. The van der Waals surface area contributed by atoms with E-state index in [0.717, 1.165) is 12.8 Å². The lowest BCUT2D eigenvalue weighted by Gasteiger charge is -2.22. The fraction of sp³-hybridized carbons (Fsp3) is 0.414. The van der Waals surface area contributed by atoms with Gasteiger partial charge in [0.1, 0.15) is 0 Å². The average Bonchev–Trinajstić information content (AvgIpc) is 3.34. The van der Waals surface area contributed by atoms with Crippen LogP contribution < -0.4 is 11.1 Å². The zero-order chi connectivity index (χ0) is 28.3. The number of fused-ring (bicyclic) bond motifs is 1. The standard InChI is InChI=1S/C26H33N3O2.C3H4F2O2/c1-3-19(2)25(27)26(31)28-23(14-13-20-9-5-4-6-10-20)15-16-24(30)29-17-21-11-7-8-12-22(21)18-29;1-3(4,5)2(6)7/h4-12,15-16,19,23,25H,3,13-14,17-18,27H2,1-2H3,(H,28,31);1H3,(H,6,7)/b16-15+;/t19-,23-,25-;/m0./s1. The number of carbonyl (C=O) groups excluding carboxylic acids is 2. The molecule has 3 rings (SSSR count). The molecule has 0 bridgehead atoms. The van der Waals surface area contributed by atoms with Crippen molar-refractivity contribution in [3.05, 3.63) is 83.4 Å². The molecule has 4 N–H and O–H groups in total. The van der Waals surface area contributed by atoms with Gasteiger partial charge < -0.3 is 21.1 Å². The number of nitrogens with two attached hydrogens (primary N) is 1. The molecule has 0 spiro atoms. The highest BCUT2D eigenvalue weighted by atomic mass is 19.3. The summed E-state index contributed by atoms with van der Waals surface area (Å²) in [4.78, 5) is 36.5. The molecule has 0 saturated carbocycles. The van der Waals surface area contributed by atoms with Crippen LogP contribution in [0.3, 0.4) is 0 Å². The molecule has 0 fully saturated rings. The number of carboxylic acid groups (broad SMARTS) is 1. The predicted molar refractivity (Wildman–Crippen MR) is 142 cm³/mol. The number of rotatable bonds is 10. The van der Waals surface area contributed by atoms with Gasteiger partial charge in [0.25, 0.3) is 0 Å². The summed E-state index contributed by atoms with van der Waals surface area (Å²) in [6.45, 7) is 5.58. The van der Waals surface area contributed by atoms with Gasteiger partial charge >= 0.3 is 11.9 Å². The van der Waals surface area contributed by atoms with E-state index in [1.54, 1.807) is 6.08 Å². The lowest BCUT2D eigenvalue weighted by molar-refractivity contribution is -0.161. The topological polar surface area (TPSA) is 113 Å². The quantitative estimate of drug-likeness (QED) is 0.397. The van der Waals surface area contributed by atoms with E-state index < -0.39 is 17.9 Å². The van der Waals surface area contributed by atoms with Gasteiger partial charge in [0.2, 0.25) is 11.8 Å². The molecule has 1 aliphatic heterocycles. The van der Waals surface area contributed by atoms with Crippen LogP contribution in [0.15, 0.2) is 66.7 Å². The van der Waals surface area contributed by atoms with Crippen molar-refractivity contribution in [2.45, 2.75) is 71.1 Å². The molecule has 2 aromatic rings. The Balaban J connectivity index is 0.000000638. The van der Waals surface area contributed by atoms with Crippen molar-refractivity contribution in [1.29, 1.82) is 0 Å². The van der Waals surface area contributed by atoms with Crippen LogP contribution in [-0.4, -0.2) is 45.8 Å². The number of aliphatic carboxylic acids is 1. The molecular weight excluding hydrogens is 492 g/mol. The molecule has 0 aliphatic carbocycles. The van der Waals surface area contributed by atoms with E-state index in [-0.39, 0.29) is 23.8 Å². The summed E-state index contributed by atoms with van der Waals surface area (Å²) < 4.78 is 22.5. The monoisotopic (exact) mass is 529 g/mol. The Morgan fingerprint density at radius 2 is 1.61 bits per heavy atom. The van der Waals surface area contributed by atoms with E-state index in [2.05, 4.69) is 29.6 Å². The summed E-state index contributed by atoms with van der Waals surface area (Å²) in [5, 5.41) is 10.5. The number of nitrogens with one attached hydrogen (secondary N) is 1. The molecule has 1 aliphatic rings. The van der Waals surface area contributed by atoms with Crippen molar-refractivity contribution in [2.24, 2.45) is 11.7 Å². The Morgan fingerprint density at radius 3 is 2.11 bits per heavy atom. The number of aryl methyl sites for hydroxylation is 1. The van der Waals surface area contributed by atoms with Gasteiger partial charge in [-0.15, -0.1) is 0 Å². The highest BCUT2D eigenvalue weighted by Gasteiger charge is 2.31. The lowest BCUT2D eigenvalue weighted by Crippen LogP contribution is -2.48. The summed E-state index contributed by atoms with van der Waals surface area (Å²) in [6, 6.07) is 17.4. The number of hydrogen-bond acceptors (Lipinski definition) is 4. The van der Waals surface area contributed by atoms with E-state index in [4.69, 9.17) is 10.8 Å². The van der Waals surface area contributed by atoms with E-state index in [1.807, 2.05) is 55.2 Å². The van der Waals surface area contributed by atoms with Crippen molar-refractivity contribution in [3.8, 4) is 0 Å². The second kappa shape index (κ2) is 14.4. The summed E-state index contributed by atoms with van der Waals surface area (Å²) >= 11 is 0. The molecule has 9 heteroatoms. The number of carboxylic acids is 1. The predicted octanol–water partition coefficient (Wildman–Crippen LogP) is 4.30. The molecular formula is C29H37F2N3O4. The van der Waals surface area contributed by atoms with Crippen LogP contribution in [0.5, 0.6) is 0 Å². The average molecular weight is 530 g/mol. The van der Waals surface area contributed by atoms with Gasteiger partial charge in [-0.25, -0.2) is 4.79 Å². The van der Waals surface area contributed by atoms with Gasteiger partial charge in [-0.3, -0.25) is 9.59 Å². The van der Waals surface area contributed by atoms with Crippen molar-refractivity contribution in [1.82, 2.24) is 10.2 Å². The molecule has 38 heavy (non-hydrogen) atoms. The second-order valence-electron chi connectivity index (χ2n) is 9.57. The number of halogens is 2. The fourth-order valence-corrected chi connectivity index (χ4v) is 3.77. The van der Waals surface area contributed by atoms with Crippen LogP contribution in [0, 0.1) is 5.92 Å². The number of hydrogen-bond donors (Lipinski definition) is 3. The van der Waals surface area contributed by atoms with Crippen molar-refractivity contribution >= 4 is 17.8 Å². The van der Waals surface area contributed by atoms with Crippen molar-refractivity contribution in [2.75, 3.05) is 0 Å². The van der Waals surface area contributed by atoms with Gasteiger partial charge in [0, 0.05) is 32.1 Å². The maximum atomic E-state index is 12.8. The van der Waals surface area contributed by atoms with Gasteiger partial charge in [-0.1, -0.05) is 80.9 Å². The molecule has 0 unspecified atom stereocenters. The molecule has 0 saturated heterocycles. The number of nitrogens with zero attached hydrogens (tertiary/aromatic N) is 1. The fourth-order valence-electron chi connectivity index (χ4n) is 3.77. The highest BCUT2D eigenvalue weighted by molar-refractivity contribution is 5.88. The Hall–Kier alpha value is -3.59. The largest absolute Gasteiger partial charge is 0.477 e. The third-order valence-corrected chi connectivity index (χ3v) is 6.47. The molecule has 7 nitrogen and oxygen atoms in total. The summed E-state index contributed by atoms with van der Waals surface area (Å²) in [5.41, 5.74) is 9.70. The Kier molecular flexibility index (Phi) is 11.6. The first kappa shape index (κ1) is 30.6. The Bertz CT molecular complexity index is 1080. The van der Waals surface area contributed by atoms with Crippen LogP contribution in [0.1, 0.15) is 50.3 Å². The maximum absolute atomic E-state index is 12.8. The molecule has 1 heterocycles. The Morgan fingerprint density at radius 1 is 1.08 bits per heavy atom. The summed E-state index contributed by atoms with van der Waals surface area (Å²) in [6.07, 6.45) is 5.75. The van der Waals surface area contributed by atoms with Gasteiger partial charge in [0.05, 0.1) is 6.04 Å². The first-order valence-corrected chi connectivity index (χ1v) is 12.7. The summed E-state index contributed by atoms with van der Waals surface area (Å²) in [5.74, 6) is -5.78. The zero-order valence-corrected chi connectivity index (χ0v) is 22.1. The molecule has 206 valence electrons. The highest BCUT2D eigenvalue weighted by Crippen LogP contribution is 2.22. The smallest absolute Gasteiger partial charge is 0.374 e. The van der Waals surface area contributed by atoms with Crippen LogP contribution >= 0.6 is 0 Å². The Labute approximate surface area is 222 Å². The minimum Gasteiger partial charge on any atom is -0.477 e. The van der Waals surface area contributed by atoms with Crippen LogP contribution in [0.4, 0.5) is 8.78 Å². The van der Waals surface area contributed by atoms with Gasteiger partial charge in [-0.05, 0) is 35.4 Å². The first-order valence-electron chi connectivity index (χ1n) is 12.7. The summed E-state index contributed by atoms with van der Waals surface area (Å²) in [7, 11) is 0. The normalized spacial score (nSPS) is 15.2. The number of carbonyl (C=O) groups is 3. The third-order valence-electron chi connectivity index (χ3n) is 6.47. The third kappa shape index (κ3) is 9.70. The van der Waals surface area contributed by atoms with Gasteiger partial charge in [-0.2, -0.15) is 8.78 Å². The lowest BCUT2D eigenvalue weighted by atomic mass is 9.98. The van der Waals surface area contributed by atoms with Gasteiger partial charge in [0.15, 0.2) is 0 Å². The minimum atomic E-state index is -3.58. The number of benzene rings is 2. The van der Waals surface area contributed by atoms with E-state index in [1.165, 1.54) is 16.7 Å². The maximum Gasteiger partial charge on any atom is 0.374 e. The molecule has 3 atom stereocenters. The van der Waals surface area contributed by atoms with Crippen LogP contribution in [-0.2, 0) is 33.9 Å².